The molecule has 3 N–H and O–H groups in total. The predicted octanol–water partition coefficient (Wildman–Crippen LogP) is 1.10. The van der Waals surface area contributed by atoms with Gasteiger partial charge in [0.15, 0.2) is 0 Å². The second kappa shape index (κ2) is 10.0. The highest BCUT2D eigenvalue weighted by atomic mass is 32.2. The van der Waals surface area contributed by atoms with Crippen LogP contribution in [0.4, 0.5) is 11.4 Å². The lowest BCUT2D eigenvalue weighted by Gasteiger charge is -2.37. The van der Waals surface area contributed by atoms with Gasteiger partial charge in [0, 0.05) is 38.3 Å². The number of nitrogens with one attached hydrogen (secondary N) is 3. The molecule has 0 bridgehead atoms. The molecule has 0 radical (unpaired) electrons. The summed E-state index contributed by atoms with van der Waals surface area (Å²) in [5.74, 6) is -0.387. The fourth-order valence-electron chi connectivity index (χ4n) is 3.29. The predicted molar refractivity (Wildman–Crippen MR) is 113 cm³/mol. The zero-order valence-electron chi connectivity index (χ0n) is 17.3. The number of amides is 2. The van der Waals surface area contributed by atoms with Gasteiger partial charge in [-0.3, -0.25) is 19.2 Å². The molecule has 0 spiro atoms. The topological polar surface area (TPSA) is 117 Å². The van der Waals surface area contributed by atoms with Crippen molar-refractivity contribution >= 4 is 33.2 Å². The highest BCUT2D eigenvalue weighted by Gasteiger charge is 2.25. The Morgan fingerprint density at radius 1 is 1.21 bits per heavy atom. The van der Waals surface area contributed by atoms with Crippen LogP contribution < -0.4 is 15.4 Å². The van der Waals surface area contributed by atoms with E-state index in [1.165, 1.54) is 25.1 Å². The van der Waals surface area contributed by atoms with E-state index in [2.05, 4.69) is 34.1 Å². The summed E-state index contributed by atoms with van der Waals surface area (Å²) in [4.78, 5) is 26.5. The summed E-state index contributed by atoms with van der Waals surface area (Å²) in [7, 11) is -3.57. The molecule has 1 aliphatic rings. The van der Waals surface area contributed by atoms with Gasteiger partial charge >= 0.3 is 0 Å². The first-order chi connectivity index (χ1) is 13.6. The molecular weight excluding hydrogens is 396 g/mol. The van der Waals surface area contributed by atoms with E-state index in [0.717, 1.165) is 19.3 Å². The standard InChI is InChI=1S/C19H30N4O5S/c1-13(2)18(23-7-9-28-10-8-23)12-20-19(25)16-11-15(21-14(3)24)5-6-17(16)22-29(4,26)27/h5-6,11,13,18,22H,7-10,12H2,1-4H3,(H,20,25)(H,21,24). The maximum Gasteiger partial charge on any atom is 0.253 e. The summed E-state index contributed by atoms with van der Waals surface area (Å²) < 4.78 is 31.1. The van der Waals surface area contributed by atoms with Crippen molar-refractivity contribution in [3.8, 4) is 0 Å². The summed E-state index contributed by atoms with van der Waals surface area (Å²) in [6.07, 6.45) is 1.02. The number of rotatable bonds is 8. The van der Waals surface area contributed by atoms with E-state index >= 15 is 0 Å². The molecule has 1 aliphatic heterocycles. The van der Waals surface area contributed by atoms with Crippen molar-refractivity contribution in [2.45, 2.75) is 26.8 Å². The van der Waals surface area contributed by atoms with Crippen LogP contribution >= 0.6 is 0 Å². The number of morpholine rings is 1. The molecule has 1 heterocycles. The van der Waals surface area contributed by atoms with E-state index in [9.17, 15) is 18.0 Å². The number of hydrogen-bond acceptors (Lipinski definition) is 6. The number of sulfonamides is 1. The van der Waals surface area contributed by atoms with Gasteiger partial charge in [-0.05, 0) is 24.1 Å². The van der Waals surface area contributed by atoms with Crippen LogP contribution in [0, 0.1) is 5.92 Å². The van der Waals surface area contributed by atoms with Crippen LogP contribution in [0.2, 0.25) is 0 Å². The molecule has 0 aromatic heterocycles. The molecule has 1 aromatic carbocycles. The monoisotopic (exact) mass is 426 g/mol. The second-order valence-electron chi connectivity index (χ2n) is 7.49. The molecule has 9 nitrogen and oxygen atoms in total. The molecule has 10 heteroatoms. The maximum absolute atomic E-state index is 12.9. The molecule has 2 amide bonds. The number of hydrogen-bond donors (Lipinski definition) is 3. The number of carbonyl (C=O) groups is 2. The van der Waals surface area contributed by atoms with E-state index in [1.807, 2.05) is 0 Å². The first-order valence-electron chi connectivity index (χ1n) is 9.56. The van der Waals surface area contributed by atoms with Crippen molar-refractivity contribution in [3.63, 3.8) is 0 Å². The number of carbonyl (C=O) groups excluding carboxylic acids is 2. The summed E-state index contributed by atoms with van der Waals surface area (Å²) in [6, 6.07) is 4.59. The van der Waals surface area contributed by atoms with Gasteiger partial charge in [-0.2, -0.15) is 0 Å². The average molecular weight is 427 g/mol. The van der Waals surface area contributed by atoms with Crippen molar-refractivity contribution in [1.29, 1.82) is 0 Å². The fourth-order valence-corrected chi connectivity index (χ4v) is 3.87. The van der Waals surface area contributed by atoms with Crippen LogP contribution in [0.5, 0.6) is 0 Å². The second-order valence-corrected chi connectivity index (χ2v) is 9.23. The van der Waals surface area contributed by atoms with Crippen molar-refractivity contribution in [1.82, 2.24) is 10.2 Å². The number of anilines is 2. The van der Waals surface area contributed by atoms with Gasteiger partial charge in [0.25, 0.3) is 5.91 Å². The Morgan fingerprint density at radius 3 is 2.41 bits per heavy atom. The molecule has 1 saturated heterocycles. The van der Waals surface area contributed by atoms with Gasteiger partial charge in [0.1, 0.15) is 0 Å². The Balaban J connectivity index is 2.20. The molecule has 0 saturated carbocycles. The van der Waals surface area contributed by atoms with Crippen molar-refractivity contribution in [2.24, 2.45) is 5.92 Å². The van der Waals surface area contributed by atoms with Gasteiger partial charge in [0.05, 0.1) is 30.7 Å². The minimum Gasteiger partial charge on any atom is -0.379 e. The maximum atomic E-state index is 12.9. The Labute approximate surface area is 172 Å². The van der Waals surface area contributed by atoms with Crippen molar-refractivity contribution in [3.05, 3.63) is 23.8 Å². The molecule has 1 fully saturated rings. The molecule has 2 rings (SSSR count). The average Bonchev–Trinajstić information content (AvgIpc) is 2.62. The van der Waals surface area contributed by atoms with E-state index in [4.69, 9.17) is 4.74 Å². The Bertz CT molecular complexity index is 835. The summed E-state index contributed by atoms with van der Waals surface area (Å²) in [5, 5.41) is 5.52. The smallest absolute Gasteiger partial charge is 0.253 e. The van der Waals surface area contributed by atoms with Crippen LogP contribution in [0.3, 0.4) is 0 Å². The molecule has 162 valence electrons. The van der Waals surface area contributed by atoms with E-state index in [0.29, 0.717) is 31.4 Å². The summed E-state index contributed by atoms with van der Waals surface area (Å²) in [5.41, 5.74) is 0.716. The van der Waals surface area contributed by atoms with Crippen LogP contribution in [0.25, 0.3) is 0 Å². The first kappa shape index (κ1) is 23.1. The quantitative estimate of drug-likeness (QED) is 0.573. The lowest BCUT2D eigenvalue weighted by molar-refractivity contribution is -0.114. The Morgan fingerprint density at radius 2 is 1.86 bits per heavy atom. The molecule has 29 heavy (non-hydrogen) atoms. The van der Waals surface area contributed by atoms with E-state index in [1.54, 1.807) is 0 Å². The fraction of sp³-hybridized carbons (Fsp3) is 0.579. The molecule has 1 atom stereocenters. The Kier molecular flexibility index (Phi) is 8.00. The third kappa shape index (κ3) is 7.30. The lowest BCUT2D eigenvalue weighted by atomic mass is 10.0. The Hall–Kier alpha value is -2.17. The first-order valence-corrected chi connectivity index (χ1v) is 11.5. The summed E-state index contributed by atoms with van der Waals surface area (Å²) in [6.45, 7) is 8.91. The zero-order valence-corrected chi connectivity index (χ0v) is 18.1. The van der Waals surface area contributed by atoms with Crippen molar-refractivity contribution in [2.75, 3.05) is 49.1 Å². The minimum atomic E-state index is -3.57. The number of benzene rings is 1. The SMILES string of the molecule is CC(=O)Nc1ccc(NS(C)(=O)=O)c(C(=O)NCC(C(C)C)N2CCOCC2)c1. The van der Waals surface area contributed by atoms with E-state index in [-0.39, 0.29) is 23.2 Å². The third-order valence-electron chi connectivity index (χ3n) is 4.64. The highest BCUT2D eigenvalue weighted by Crippen LogP contribution is 2.22. The third-order valence-corrected chi connectivity index (χ3v) is 5.23. The molecule has 1 aromatic rings. The van der Waals surface area contributed by atoms with Crippen LogP contribution in [0.15, 0.2) is 18.2 Å². The molecular formula is C19H30N4O5S. The van der Waals surface area contributed by atoms with Gasteiger partial charge in [-0.1, -0.05) is 13.8 Å². The molecule has 0 aliphatic carbocycles. The van der Waals surface area contributed by atoms with E-state index < -0.39 is 15.9 Å². The van der Waals surface area contributed by atoms with Crippen LogP contribution in [-0.2, 0) is 19.6 Å². The normalized spacial score (nSPS) is 16.3. The van der Waals surface area contributed by atoms with Crippen LogP contribution in [0.1, 0.15) is 31.1 Å². The number of nitrogens with zero attached hydrogens (tertiary/aromatic N) is 1. The molecule has 1 unspecified atom stereocenters. The largest absolute Gasteiger partial charge is 0.379 e. The van der Waals surface area contributed by atoms with Crippen LogP contribution in [-0.4, -0.2) is 70.3 Å². The highest BCUT2D eigenvalue weighted by molar-refractivity contribution is 7.92. The lowest BCUT2D eigenvalue weighted by Crippen LogP contribution is -2.51. The zero-order chi connectivity index (χ0) is 21.6. The van der Waals surface area contributed by atoms with Crippen molar-refractivity contribution < 1.29 is 22.7 Å². The summed E-state index contributed by atoms with van der Waals surface area (Å²) >= 11 is 0. The van der Waals surface area contributed by atoms with Gasteiger partial charge in [-0.25, -0.2) is 8.42 Å². The van der Waals surface area contributed by atoms with Gasteiger partial charge < -0.3 is 15.4 Å². The number of ether oxygens (including phenoxy) is 1. The minimum absolute atomic E-state index is 0.132. The van der Waals surface area contributed by atoms with Gasteiger partial charge in [-0.15, -0.1) is 0 Å². The van der Waals surface area contributed by atoms with Gasteiger partial charge in [0.2, 0.25) is 15.9 Å².